The van der Waals surface area contributed by atoms with Crippen LogP contribution in [0.3, 0.4) is 0 Å². The standard InChI is InChI=1S/C24H29NO/c1-24(2,3)20-9-7-17(8-10-20)23(26)25-13-12-16-4-11-21-18-5-6-19(15-18)22(21)14-16/h4,7-11,14,18-19H,5-6,12-13,15H2,1-3H3,(H,25,26). The molecule has 136 valence electrons. The molecule has 1 fully saturated rings. The van der Waals surface area contributed by atoms with Crippen LogP contribution >= 0.6 is 0 Å². The second-order valence-corrected chi connectivity index (χ2v) is 9.00. The van der Waals surface area contributed by atoms with E-state index in [-0.39, 0.29) is 11.3 Å². The van der Waals surface area contributed by atoms with Crippen LogP contribution in [-0.4, -0.2) is 12.5 Å². The van der Waals surface area contributed by atoms with Gasteiger partial charge in [0.1, 0.15) is 0 Å². The number of amides is 1. The minimum atomic E-state index is 0.0191. The van der Waals surface area contributed by atoms with Gasteiger partial charge in [-0.3, -0.25) is 4.79 Å². The SMILES string of the molecule is CC(C)(C)c1ccc(C(=O)NCCc2ccc3c(c2)C2CCC3C2)cc1. The molecule has 1 saturated carbocycles. The van der Waals surface area contributed by atoms with Crippen molar-refractivity contribution < 1.29 is 4.79 Å². The minimum Gasteiger partial charge on any atom is -0.352 e. The van der Waals surface area contributed by atoms with E-state index in [1.807, 2.05) is 12.1 Å². The average molecular weight is 348 g/mol. The van der Waals surface area contributed by atoms with Crippen molar-refractivity contribution in [3.63, 3.8) is 0 Å². The monoisotopic (exact) mass is 347 g/mol. The van der Waals surface area contributed by atoms with Crippen molar-refractivity contribution in [1.29, 1.82) is 0 Å². The summed E-state index contributed by atoms with van der Waals surface area (Å²) in [7, 11) is 0. The largest absolute Gasteiger partial charge is 0.352 e. The van der Waals surface area contributed by atoms with Crippen LogP contribution in [0, 0.1) is 0 Å². The van der Waals surface area contributed by atoms with E-state index in [4.69, 9.17) is 0 Å². The van der Waals surface area contributed by atoms with Crippen molar-refractivity contribution in [2.24, 2.45) is 0 Å². The van der Waals surface area contributed by atoms with Crippen LogP contribution in [0.5, 0.6) is 0 Å². The Balaban J connectivity index is 1.34. The molecule has 26 heavy (non-hydrogen) atoms. The Morgan fingerprint density at radius 3 is 2.38 bits per heavy atom. The van der Waals surface area contributed by atoms with Gasteiger partial charge in [0.15, 0.2) is 0 Å². The molecule has 1 N–H and O–H groups in total. The first-order chi connectivity index (χ1) is 12.4. The molecular weight excluding hydrogens is 318 g/mol. The Morgan fingerprint density at radius 2 is 1.69 bits per heavy atom. The van der Waals surface area contributed by atoms with Crippen molar-refractivity contribution in [1.82, 2.24) is 5.32 Å². The molecule has 2 atom stereocenters. The molecule has 4 rings (SSSR count). The van der Waals surface area contributed by atoms with Gasteiger partial charge in [0.05, 0.1) is 0 Å². The van der Waals surface area contributed by atoms with Gasteiger partial charge in [-0.1, -0.05) is 51.1 Å². The van der Waals surface area contributed by atoms with Gasteiger partial charge in [-0.15, -0.1) is 0 Å². The summed E-state index contributed by atoms with van der Waals surface area (Å²) in [6.07, 6.45) is 5.00. The van der Waals surface area contributed by atoms with Crippen LogP contribution in [0.1, 0.15) is 84.5 Å². The van der Waals surface area contributed by atoms with Crippen LogP contribution in [0.15, 0.2) is 42.5 Å². The van der Waals surface area contributed by atoms with Crippen molar-refractivity contribution in [2.45, 2.75) is 63.7 Å². The molecule has 2 nitrogen and oxygen atoms in total. The molecule has 0 spiro atoms. The van der Waals surface area contributed by atoms with Crippen LogP contribution in [0.4, 0.5) is 0 Å². The molecule has 0 heterocycles. The molecule has 2 aliphatic carbocycles. The van der Waals surface area contributed by atoms with Gasteiger partial charge < -0.3 is 5.32 Å². The molecule has 2 bridgehead atoms. The average Bonchev–Trinajstić information content (AvgIpc) is 3.23. The van der Waals surface area contributed by atoms with E-state index in [0.717, 1.165) is 23.8 Å². The molecule has 0 aromatic heterocycles. The minimum absolute atomic E-state index is 0.0191. The Labute approximate surface area is 157 Å². The molecule has 0 saturated heterocycles. The molecule has 2 unspecified atom stereocenters. The van der Waals surface area contributed by atoms with E-state index in [2.05, 4.69) is 56.4 Å². The van der Waals surface area contributed by atoms with E-state index in [1.54, 1.807) is 11.1 Å². The Kier molecular flexibility index (Phi) is 4.38. The Hall–Kier alpha value is -2.09. The molecule has 2 heteroatoms. The molecule has 0 aliphatic heterocycles. The number of nitrogens with one attached hydrogen (secondary N) is 1. The number of hydrogen-bond acceptors (Lipinski definition) is 1. The predicted molar refractivity (Wildman–Crippen MR) is 107 cm³/mol. The van der Waals surface area contributed by atoms with Crippen molar-refractivity contribution in [3.05, 3.63) is 70.3 Å². The van der Waals surface area contributed by atoms with E-state index < -0.39 is 0 Å². The van der Waals surface area contributed by atoms with Gasteiger partial charge in [-0.05, 0) is 77.3 Å². The first-order valence-electron chi connectivity index (χ1n) is 9.93. The van der Waals surface area contributed by atoms with Crippen LogP contribution < -0.4 is 5.32 Å². The highest BCUT2D eigenvalue weighted by Gasteiger charge is 2.36. The van der Waals surface area contributed by atoms with Gasteiger partial charge in [0.2, 0.25) is 0 Å². The maximum Gasteiger partial charge on any atom is 0.251 e. The fraction of sp³-hybridized carbons (Fsp3) is 0.458. The molecule has 2 aromatic rings. The summed E-state index contributed by atoms with van der Waals surface area (Å²) in [6, 6.07) is 15.0. The highest BCUT2D eigenvalue weighted by Crippen LogP contribution is 2.53. The second-order valence-electron chi connectivity index (χ2n) is 9.00. The highest BCUT2D eigenvalue weighted by atomic mass is 16.1. The molecule has 1 amide bonds. The smallest absolute Gasteiger partial charge is 0.251 e. The van der Waals surface area contributed by atoms with Crippen molar-refractivity contribution >= 4 is 5.91 Å². The number of hydrogen-bond donors (Lipinski definition) is 1. The summed E-state index contributed by atoms with van der Waals surface area (Å²) in [5.74, 6) is 1.64. The first kappa shape index (κ1) is 17.3. The van der Waals surface area contributed by atoms with Crippen LogP contribution in [-0.2, 0) is 11.8 Å². The van der Waals surface area contributed by atoms with E-state index in [9.17, 15) is 4.79 Å². The highest BCUT2D eigenvalue weighted by molar-refractivity contribution is 5.94. The second kappa shape index (κ2) is 6.57. The lowest BCUT2D eigenvalue weighted by molar-refractivity contribution is 0.0954. The number of fused-ring (bicyclic) bond motifs is 5. The van der Waals surface area contributed by atoms with Crippen LogP contribution in [0.2, 0.25) is 0 Å². The molecule has 2 aromatic carbocycles. The van der Waals surface area contributed by atoms with Crippen molar-refractivity contribution in [2.75, 3.05) is 6.54 Å². The maximum absolute atomic E-state index is 12.4. The topological polar surface area (TPSA) is 29.1 Å². The fourth-order valence-corrected chi connectivity index (χ4v) is 4.60. The maximum atomic E-state index is 12.4. The Bertz CT molecular complexity index is 813. The zero-order valence-corrected chi connectivity index (χ0v) is 16.1. The summed E-state index contributed by atoms with van der Waals surface area (Å²) < 4.78 is 0. The molecule has 0 radical (unpaired) electrons. The third-order valence-corrected chi connectivity index (χ3v) is 6.18. The van der Waals surface area contributed by atoms with Crippen molar-refractivity contribution in [3.8, 4) is 0 Å². The normalized spacial score (nSPS) is 20.9. The number of carbonyl (C=O) groups excluding carboxylic acids is 1. The van der Waals surface area contributed by atoms with Gasteiger partial charge in [0, 0.05) is 12.1 Å². The quantitative estimate of drug-likeness (QED) is 0.796. The third kappa shape index (κ3) is 3.30. The number of benzene rings is 2. The third-order valence-electron chi connectivity index (χ3n) is 6.18. The number of carbonyl (C=O) groups is 1. The zero-order chi connectivity index (χ0) is 18.3. The van der Waals surface area contributed by atoms with Crippen LogP contribution in [0.25, 0.3) is 0 Å². The Morgan fingerprint density at radius 1 is 1.00 bits per heavy atom. The summed E-state index contributed by atoms with van der Waals surface area (Å²) in [6.45, 7) is 7.24. The van der Waals surface area contributed by atoms with E-state index in [1.165, 1.54) is 30.4 Å². The van der Waals surface area contributed by atoms with Gasteiger partial charge >= 0.3 is 0 Å². The summed E-state index contributed by atoms with van der Waals surface area (Å²) in [5.41, 5.74) is 6.63. The fourth-order valence-electron chi connectivity index (χ4n) is 4.60. The van der Waals surface area contributed by atoms with E-state index >= 15 is 0 Å². The lowest BCUT2D eigenvalue weighted by atomic mass is 9.87. The van der Waals surface area contributed by atoms with Gasteiger partial charge in [0.25, 0.3) is 5.91 Å². The first-order valence-corrected chi connectivity index (χ1v) is 9.93. The molecular formula is C24H29NO. The number of rotatable bonds is 4. The summed E-state index contributed by atoms with van der Waals surface area (Å²) >= 11 is 0. The van der Waals surface area contributed by atoms with E-state index in [0.29, 0.717) is 6.54 Å². The zero-order valence-electron chi connectivity index (χ0n) is 16.1. The summed E-state index contributed by atoms with van der Waals surface area (Å²) in [4.78, 5) is 12.4. The lowest BCUT2D eigenvalue weighted by Gasteiger charge is -2.19. The lowest BCUT2D eigenvalue weighted by Crippen LogP contribution is -2.25. The predicted octanol–water partition coefficient (Wildman–Crippen LogP) is 5.32. The van der Waals surface area contributed by atoms with Gasteiger partial charge in [-0.25, -0.2) is 0 Å². The molecule has 2 aliphatic rings. The summed E-state index contributed by atoms with van der Waals surface area (Å²) in [5, 5.41) is 3.07. The van der Waals surface area contributed by atoms with Gasteiger partial charge in [-0.2, -0.15) is 0 Å².